The van der Waals surface area contributed by atoms with Crippen LogP contribution in [0, 0.1) is 0 Å². The Morgan fingerprint density at radius 3 is 1.40 bits per heavy atom. The largest absolute Gasteiger partial charge is 0.344 e. The second-order valence-electron chi connectivity index (χ2n) is 5.35. The van der Waals surface area contributed by atoms with E-state index in [9.17, 15) is 8.42 Å². The van der Waals surface area contributed by atoms with E-state index in [1.54, 1.807) is 6.92 Å². The van der Waals surface area contributed by atoms with E-state index in [1.165, 1.54) is 0 Å². The molecule has 0 fully saturated rings. The molecule has 5 heteroatoms. The fourth-order valence-corrected chi connectivity index (χ4v) is 4.27. The van der Waals surface area contributed by atoms with Crippen LogP contribution in [0.2, 0.25) is 0 Å². The molecular weight excluding hydrogens is 274 g/mol. The molecule has 0 atom stereocenters. The summed E-state index contributed by atoms with van der Waals surface area (Å²) < 4.78 is 29.6. The van der Waals surface area contributed by atoms with Gasteiger partial charge in [-0.05, 0) is 26.2 Å². The molecule has 0 radical (unpaired) electrons. The smallest absolute Gasteiger partial charge is 0.273 e. The quantitative estimate of drug-likeness (QED) is 0.524. The maximum Gasteiger partial charge on any atom is 0.273 e. The first-order valence-electron chi connectivity index (χ1n) is 7.88. The second-order valence-corrected chi connectivity index (χ2v) is 7.36. The number of hydrogen-bond acceptors (Lipinski definition) is 4. The summed E-state index contributed by atoms with van der Waals surface area (Å²) in [5, 5.41) is 0. The van der Waals surface area contributed by atoms with Gasteiger partial charge in [-0.1, -0.05) is 59.3 Å². The van der Waals surface area contributed by atoms with Crippen molar-refractivity contribution in [3.05, 3.63) is 0 Å². The predicted octanol–water partition coefficient (Wildman–Crippen LogP) is 4.82. The van der Waals surface area contributed by atoms with E-state index in [4.69, 9.17) is 4.18 Å². The van der Waals surface area contributed by atoms with Gasteiger partial charge in [-0.2, -0.15) is 8.42 Å². The molecule has 0 aliphatic rings. The maximum absolute atomic E-state index is 12.5. The third kappa shape index (κ3) is 6.55. The number of rotatable bonds is 12. The molecule has 0 rings (SSSR count). The highest BCUT2D eigenvalue weighted by Crippen LogP contribution is 2.36. The summed E-state index contributed by atoms with van der Waals surface area (Å²) in [5.74, 6) is 0. The summed E-state index contributed by atoms with van der Waals surface area (Å²) in [7, 11) is -3.45. The van der Waals surface area contributed by atoms with Crippen LogP contribution in [0.3, 0.4) is 0 Å². The molecule has 124 valence electrons. The molecule has 4 nitrogen and oxygen atoms in total. The zero-order valence-electron chi connectivity index (χ0n) is 13.9. The van der Waals surface area contributed by atoms with Crippen LogP contribution in [0.25, 0.3) is 0 Å². The molecule has 20 heavy (non-hydrogen) atoms. The Labute approximate surface area is 126 Å². The van der Waals surface area contributed by atoms with Gasteiger partial charge in [0.05, 0.1) is 11.4 Å². The third-order valence-corrected chi connectivity index (χ3v) is 5.98. The van der Waals surface area contributed by atoms with E-state index in [-0.39, 0.29) is 12.8 Å². The zero-order valence-corrected chi connectivity index (χ0v) is 14.7. The maximum atomic E-state index is 12.5. The Morgan fingerprint density at radius 1 is 0.800 bits per heavy atom. The zero-order chi connectivity index (χ0) is 14.8. The summed E-state index contributed by atoms with van der Waals surface area (Å²) in [6, 6.07) is 0. The van der Waals surface area contributed by atoms with Crippen molar-refractivity contribution in [3.63, 3.8) is 0 Å². The lowest BCUT2D eigenvalue weighted by atomic mass is 9.90. The third-order valence-electron chi connectivity index (χ3n) is 3.76. The van der Waals surface area contributed by atoms with Gasteiger partial charge in [-0.25, -0.2) is 0 Å². The van der Waals surface area contributed by atoms with Crippen molar-refractivity contribution in [2.45, 2.75) is 90.2 Å². The van der Waals surface area contributed by atoms with Crippen LogP contribution in [-0.4, -0.2) is 19.8 Å². The van der Waals surface area contributed by atoms with Gasteiger partial charge in [-0.3, -0.25) is 4.18 Å². The monoisotopic (exact) mass is 309 g/mol. The molecule has 0 aromatic heterocycles. The Balaban J connectivity index is 0. The average Bonchev–Trinajstić information content (AvgIpc) is 2.38. The van der Waals surface area contributed by atoms with Crippen LogP contribution in [0.15, 0.2) is 0 Å². The molecule has 0 saturated carbocycles. The second kappa shape index (κ2) is 11.5. The normalized spacial score (nSPS) is 12.2. The van der Waals surface area contributed by atoms with Crippen LogP contribution in [0.4, 0.5) is 0 Å². The summed E-state index contributed by atoms with van der Waals surface area (Å²) in [5.41, 5.74) is 0. The van der Waals surface area contributed by atoms with Crippen molar-refractivity contribution < 1.29 is 12.6 Å². The fourth-order valence-electron chi connectivity index (χ4n) is 2.53. The first kappa shape index (κ1) is 22.2. The van der Waals surface area contributed by atoms with Gasteiger partial charge >= 0.3 is 0 Å². The minimum absolute atomic E-state index is 0. The standard InChI is InChI=1S/C15H32O3S.H3N/c1-5-9-12-15(13-10-6-2,14-11-7-3)19(16,17)18-8-4;/h5-14H2,1-4H3;1H3. The van der Waals surface area contributed by atoms with Crippen molar-refractivity contribution in [2.75, 3.05) is 6.61 Å². The predicted molar refractivity (Wildman–Crippen MR) is 86.9 cm³/mol. The minimum atomic E-state index is -3.45. The van der Waals surface area contributed by atoms with Crippen molar-refractivity contribution in [1.82, 2.24) is 6.15 Å². The molecule has 0 aliphatic heterocycles. The van der Waals surface area contributed by atoms with E-state index in [0.29, 0.717) is 0 Å². The molecule has 0 aromatic rings. The lowest BCUT2D eigenvalue weighted by Gasteiger charge is -2.32. The van der Waals surface area contributed by atoms with Gasteiger partial charge < -0.3 is 6.15 Å². The molecular formula is C15H35NO3S. The van der Waals surface area contributed by atoms with E-state index in [1.807, 2.05) is 0 Å². The van der Waals surface area contributed by atoms with Gasteiger partial charge in [0.1, 0.15) is 0 Å². The Kier molecular flexibility index (Phi) is 12.8. The van der Waals surface area contributed by atoms with Crippen molar-refractivity contribution >= 4 is 10.1 Å². The summed E-state index contributed by atoms with van der Waals surface area (Å²) >= 11 is 0. The molecule has 0 unspecified atom stereocenters. The highest BCUT2D eigenvalue weighted by molar-refractivity contribution is 7.88. The van der Waals surface area contributed by atoms with Crippen LogP contribution >= 0.6 is 0 Å². The lowest BCUT2D eigenvalue weighted by molar-refractivity contribution is 0.288. The van der Waals surface area contributed by atoms with Gasteiger partial charge in [0.2, 0.25) is 0 Å². The van der Waals surface area contributed by atoms with Crippen LogP contribution in [0.5, 0.6) is 0 Å². The number of unbranched alkanes of at least 4 members (excludes halogenated alkanes) is 3. The molecule has 0 heterocycles. The van der Waals surface area contributed by atoms with Gasteiger partial charge in [0, 0.05) is 0 Å². The van der Waals surface area contributed by atoms with Crippen molar-refractivity contribution in [1.29, 1.82) is 0 Å². The highest BCUT2D eigenvalue weighted by Gasteiger charge is 2.42. The average molecular weight is 310 g/mol. The summed E-state index contributed by atoms with van der Waals surface area (Å²) in [4.78, 5) is 0. The molecule has 0 amide bonds. The molecule has 0 aliphatic carbocycles. The molecule has 3 N–H and O–H groups in total. The van der Waals surface area contributed by atoms with Crippen LogP contribution in [0.1, 0.15) is 85.5 Å². The van der Waals surface area contributed by atoms with Crippen LogP contribution in [-0.2, 0) is 14.3 Å². The summed E-state index contributed by atoms with van der Waals surface area (Å²) in [6.07, 6.45) is 8.19. The molecule has 0 saturated heterocycles. The SMILES string of the molecule is CCCCC(CCCC)(CCCC)S(=O)(=O)OCC.N. The molecule has 0 aromatic carbocycles. The lowest BCUT2D eigenvalue weighted by Crippen LogP contribution is -2.40. The first-order valence-corrected chi connectivity index (χ1v) is 9.29. The summed E-state index contributed by atoms with van der Waals surface area (Å²) in [6.45, 7) is 8.32. The molecule has 0 bridgehead atoms. The first-order chi connectivity index (χ1) is 8.99. The fraction of sp³-hybridized carbons (Fsp3) is 1.00. The Morgan fingerprint density at radius 2 is 1.15 bits per heavy atom. The van der Waals surface area contributed by atoms with Crippen molar-refractivity contribution in [3.8, 4) is 0 Å². The Bertz CT molecular complexity index is 293. The van der Waals surface area contributed by atoms with E-state index in [2.05, 4.69) is 20.8 Å². The van der Waals surface area contributed by atoms with Crippen molar-refractivity contribution in [2.24, 2.45) is 0 Å². The van der Waals surface area contributed by atoms with E-state index in [0.717, 1.165) is 57.8 Å². The number of hydrogen-bond donors (Lipinski definition) is 1. The van der Waals surface area contributed by atoms with E-state index >= 15 is 0 Å². The van der Waals surface area contributed by atoms with Gasteiger partial charge in [0.15, 0.2) is 0 Å². The van der Waals surface area contributed by atoms with E-state index < -0.39 is 14.9 Å². The minimum Gasteiger partial charge on any atom is -0.344 e. The van der Waals surface area contributed by atoms with Gasteiger partial charge in [0.25, 0.3) is 10.1 Å². The van der Waals surface area contributed by atoms with Crippen LogP contribution < -0.4 is 6.15 Å². The Hall–Kier alpha value is -0.130. The topological polar surface area (TPSA) is 78.4 Å². The molecule has 0 spiro atoms. The van der Waals surface area contributed by atoms with Gasteiger partial charge in [-0.15, -0.1) is 0 Å². The highest BCUT2D eigenvalue weighted by atomic mass is 32.2.